The van der Waals surface area contributed by atoms with E-state index in [2.05, 4.69) is 17.4 Å². The summed E-state index contributed by atoms with van der Waals surface area (Å²) >= 11 is 0. The normalized spacial score (nSPS) is 16.4. The fraction of sp³-hybridized carbons (Fsp3) is 0.350. The SMILES string of the molecule is Cc1ccc(C2(CNC(=O)c3cccc(F)c3F)CCOCC2)cc1. The number of amides is 1. The van der Waals surface area contributed by atoms with Gasteiger partial charge in [-0.2, -0.15) is 0 Å². The van der Waals surface area contributed by atoms with Crippen LogP contribution < -0.4 is 5.32 Å². The summed E-state index contributed by atoms with van der Waals surface area (Å²) in [6.07, 6.45) is 1.53. The molecule has 132 valence electrons. The van der Waals surface area contributed by atoms with E-state index in [1.165, 1.54) is 12.1 Å². The lowest BCUT2D eigenvalue weighted by atomic mass is 9.74. The minimum Gasteiger partial charge on any atom is -0.381 e. The minimum absolute atomic E-state index is 0.259. The molecule has 0 spiro atoms. The van der Waals surface area contributed by atoms with Gasteiger partial charge in [-0.1, -0.05) is 35.9 Å². The first-order valence-electron chi connectivity index (χ1n) is 8.39. The first kappa shape index (κ1) is 17.5. The van der Waals surface area contributed by atoms with Crippen molar-refractivity contribution in [3.05, 3.63) is 70.8 Å². The molecule has 5 heteroatoms. The summed E-state index contributed by atoms with van der Waals surface area (Å²) in [5, 5.41) is 2.79. The van der Waals surface area contributed by atoms with E-state index < -0.39 is 17.5 Å². The van der Waals surface area contributed by atoms with Crippen LogP contribution in [-0.2, 0) is 10.2 Å². The van der Waals surface area contributed by atoms with Gasteiger partial charge in [-0.05, 0) is 37.5 Å². The van der Waals surface area contributed by atoms with Crippen LogP contribution >= 0.6 is 0 Å². The number of ether oxygens (including phenoxy) is 1. The third kappa shape index (κ3) is 3.71. The van der Waals surface area contributed by atoms with Crippen LogP contribution in [0.5, 0.6) is 0 Å². The summed E-state index contributed by atoms with van der Waals surface area (Å²) in [7, 11) is 0. The van der Waals surface area contributed by atoms with Crippen molar-refractivity contribution in [2.24, 2.45) is 0 Å². The lowest BCUT2D eigenvalue weighted by Gasteiger charge is -2.38. The molecule has 2 aromatic rings. The fourth-order valence-electron chi connectivity index (χ4n) is 3.26. The van der Waals surface area contributed by atoms with Crippen LogP contribution in [0.4, 0.5) is 8.78 Å². The third-order valence-corrected chi connectivity index (χ3v) is 4.90. The smallest absolute Gasteiger partial charge is 0.254 e. The van der Waals surface area contributed by atoms with E-state index in [1.54, 1.807) is 0 Å². The van der Waals surface area contributed by atoms with Gasteiger partial charge in [0.25, 0.3) is 5.91 Å². The zero-order valence-corrected chi connectivity index (χ0v) is 14.1. The molecule has 3 rings (SSSR count). The van der Waals surface area contributed by atoms with E-state index in [-0.39, 0.29) is 11.0 Å². The van der Waals surface area contributed by atoms with E-state index in [4.69, 9.17) is 4.74 Å². The minimum atomic E-state index is -1.11. The van der Waals surface area contributed by atoms with Crippen LogP contribution in [0.2, 0.25) is 0 Å². The Hall–Kier alpha value is -2.27. The van der Waals surface area contributed by atoms with Crippen molar-refractivity contribution in [2.45, 2.75) is 25.2 Å². The summed E-state index contributed by atoms with van der Waals surface area (Å²) in [4.78, 5) is 12.3. The fourth-order valence-corrected chi connectivity index (χ4v) is 3.26. The third-order valence-electron chi connectivity index (χ3n) is 4.90. The van der Waals surface area contributed by atoms with E-state index in [1.807, 2.05) is 19.1 Å². The molecule has 0 aliphatic carbocycles. The summed E-state index contributed by atoms with van der Waals surface area (Å²) in [6, 6.07) is 11.8. The maximum atomic E-state index is 13.8. The molecule has 1 saturated heterocycles. The first-order chi connectivity index (χ1) is 12.0. The summed E-state index contributed by atoms with van der Waals surface area (Å²) in [5.41, 5.74) is 1.76. The first-order valence-corrected chi connectivity index (χ1v) is 8.39. The van der Waals surface area contributed by atoms with Crippen LogP contribution in [-0.4, -0.2) is 25.7 Å². The molecule has 25 heavy (non-hydrogen) atoms. The zero-order chi connectivity index (χ0) is 17.9. The number of carbonyl (C=O) groups is 1. The number of hydrogen-bond acceptors (Lipinski definition) is 2. The lowest BCUT2D eigenvalue weighted by Crippen LogP contribution is -2.44. The molecule has 0 saturated carbocycles. The average molecular weight is 345 g/mol. The molecular formula is C20H21F2NO2. The molecule has 1 N–H and O–H groups in total. The Balaban J connectivity index is 1.80. The van der Waals surface area contributed by atoms with E-state index >= 15 is 0 Å². The number of rotatable bonds is 4. The summed E-state index contributed by atoms with van der Waals surface area (Å²) in [6.45, 7) is 3.60. The highest BCUT2D eigenvalue weighted by atomic mass is 19.2. The van der Waals surface area contributed by atoms with Crippen LogP contribution in [0.15, 0.2) is 42.5 Å². The molecule has 0 bridgehead atoms. The van der Waals surface area contributed by atoms with Crippen LogP contribution in [0, 0.1) is 18.6 Å². The summed E-state index contributed by atoms with van der Waals surface area (Å²) < 4.78 is 32.6. The Morgan fingerprint density at radius 2 is 1.80 bits per heavy atom. The van der Waals surface area contributed by atoms with Gasteiger partial charge in [-0.25, -0.2) is 8.78 Å². The van der Waals surface area contributed by atoms with Crippen molar-refractivity contribution >= 4 is 5.91 Å². The van der Waals surface area contributed by atoms with Gasteiger partial charge >= 0.3 is 0 Å². The quantitative estimate of drug-likeness (QED) is 0.916. The second kappa shape index (κ2) is 7.31. The Bertz CT molecular complexity index is 753. The highest BCUT2D eigenvalue weighted by Crippen LogP contribution is 2.34. The average Bonchev–Trinajstić information content (AvgIpc) is 2.63. The van der Waals surface area contributed by atoms with Gasteiger partial charge in [0.15, 0.2) is 11.6 Å². The second-order valence-electron chi connectivity index (χ2n) is 6.54. The lowest BCUT2D eigenvalue weighted by molar-refractivity contribution is 0.0486. The van der Waals surface area contributed by atoms with Gasteiger partial charge in [0.1, 0.15) is 0 Å². The number of nitrogens with one attached hydrogen (secondary N) is 1. The highest BCUT2D eigenvalue weighted by molar-refractivity contribution is 5.94. The number of benzene rings is 2. The van der Waals surface area contributed by atoms with Gasteiger partial charge in [0, 0.05) is 25.2 Å². The zero-order valence-electron chi connectivity index (χ0n) is 14.1. The van der Waals surface area contributed by atoms with Crippen LogP contribution in [0.25, 0.3) is 0 Å². The maximum absolute atomic E-state index is 13.8. The van der Waals surface area contributed by atoms with Gasteiger partial charge in [-0.3, -0.25) is 4.79 Å². The molecule has 1 amide bonds. The van der Waals surface area contributed by atoms with Gasteiger partial charge in [-0.15, -0.1) is 0 Å². The van der Waals surface area contributed by atoms with Gasteiger partial charge in [0.2, 0.25) is 0 Å². The molecule has 0 atom stereocenters. The molecule has 3 nitrogen and oxygen atoms in total. The Morgan fingerprint density at radius 1 is 1.12 bits per heavy atom. The van der Waals surface area contributed by atoms with E-state index in [0.29, 0.717) is 19.8 Å². The van der Waals surface area contributed by atoms with Crippen molar-refractivity contribution in [3.8, 4) is 0 Å². The number of aryl methyl sites for hydroxylation is 1. The molecule has 2 aromatic carbocycles. The molecular weight excluding hydrogens is 324 g/mol. The van der Waals surface area contributed by atoms with Crippen molar-refractivity contribution in [2.75, 3.05) is 19.8 Å². The van der Waals surface area contributed by atoms with Crippen molar-refractivity contribution in [3.63, 3.8) is 0 Å². The second-order valence-corrected chi connectivity index (χ2v) is 6.54. The standard InChI is InChI=1S/C20H21F2NO2/c1-14-5-7-15(8-6-14)20(9-11-25-12-10-20)13-23-19(24)16-3-2-4-17(21)18(16)22/h2-8H,9-13H2,1H3,(H,23,24). The Labute approximate surface area is 146 Å². The molecule has 0 radical (unpaired) electrons. The topological polar surface area (TPSA) is 38.3 Å². The van der Waals surface area contributed by atoms with Crippen molar-refractivity contribution < 1.29 is 18.3 Å². The molecule has 1 heterocycles. The highest BCUT2D eigenvalue weighted by Gasteiger charge is 2.35. The molecule has 1 fully saturated rings. The molecule has 1 aliphatic rings. The van der Waals surface area contributed by atoms with Crippen LogP contribution in [0.1, 0.15) is 34.3 Å². The number of carbonyl (C=O) groups excluding carboxylic acids is 1. The van der Waals surface area contributed by atoms with E-state index in [9.17, 15) is 13.6 Å². The molecule has 1 aliphatic heterocycles. The molecule has 0 aromatic heterocycles. The van der Waals surface area contributed by atoms with Gasteiger partial charge < -0.3 is 10.1 Å². The van der Waals surface area contributed by atoms with Crippen molar-refractivity contribution in [1.82, 2.24) is 5.32 Å². The number of halogens is 2. The van der Waals surface area contributed by atoms with Gasteiger partial charge in [0.05, 0.1) is 5.56 Å². The predicted molar refractivity (Wildman–Crippen MR) is 91.6 cm³/mol. The predicted octanol–water partition coefficient (Wildman–Crippen LogP) is 3.75. The monoisotopic (exact) mass is 345 g/mol. The maximum Gasteiger partial charge on any atom is 0.254 e. The Kier molecular flexibility index (Phi) is 5.13. The number of hydrogen-bond donors (Lipinski definition) is 1. The van der Waals surface area contributed by atoms with Crippen LogP contribution in [0.3, 0.4) is 0 Å². The van der Waals surface area contributed by atoms with E-state index in [0.717, 1.165) is 30.0 Å². The largest absolute Gasteiger partial charge is 0.381 e. The Morgan fingerprint density at radius 3 is 2.48 bits per heavy atom. The van der Waals surface area contributed by atoms with Crippen molar-refractivity contribution in [1.29, 1.82) is 0 Å². The summed E-state index contributed by atoms with van der Waals surface area (Å²) in [5.74, 6) is -2.74. The molecule has 0 unspecified atom stereocenters.